The number of aromatic nitrogens is 2. The lowest BCUT2D eigenvalue weighted by molar-refractivity contribution is -0.137. The number of carbonyl (C=O) groups excluding carboxylic acids is 4. The summed E-state index contributed by atoms with van der Waals surface area (Å²) in [5.74, 6) is 0.526. The first-order valence-electron chi connectivity index (χ1n) is 19.7. The number of piperazine rings is 1. The number of nitrogens with one attached hydrogen (secondary N) is 3. The number of unbranched alkanes of at least 4 members (excludes halogenated alkanes) is 2. The van der Waals surface area contributed by atoms with Crippen LogP contribution in [0.25, 0.3) is 10.9 Å². The van der Waals surface area contributed by atoms with Gasteiger partial charge in [0, 0.05) is 71.9 Å². The molecule has 3 N–H and O–H groups in total. The van der Waals surface area contributed by atoms with Gasteiger partial charge in [-0.2, -0.15) is 0 Å². The molecule has 0 radical (unpaired) electrons. The Labute approximate surface area is 345 Å². The largest absolute Gasteiger partial charge is 0.493 e. The molecule has 7 rings (SSSR count). The van der Waals surface area contributed by atoms with Gasteiger partial charge in [-0.1, -0.05) is 28.1 Å². The molecule has 4 aromatic rings. The second kappa shape index (κ2) is 18.1. The highest BCUT2D eigenvalue weighted by Crippen LogP contribution is 2.36. The number of methoxy groups -OCH3 is 1. The predicted octanol–water partition coefficient (Wildman–Crippen LogP) is 5.59. The average molecular weight is 860 g/mol. The Morgan fingerprint density at radius 2 is 1.84 bits per heavy atom. The number of piperidine rings is 1. The van der Waals surface area contributed by atoms with Crippen molar-refractivity contribution in [3.63, 3.8) is 0 Å². The van der Waals surface area contributed by atoms with E-state index in [0.29, 0.717) is 48.3 Å². The fourth-order valence-corrected chi connectivity index (χ4v) is 8.20. The van der Waals surface area contributed by atoms with Crippen molar-refractivity contribution in [1.29, 1.82) is 0 Å². The highest BCUT2D eigenvalue weighted by Gasteiger charge is 2.40. The van der Waals surface area contributed by atoms with Gasteiger partial charge in [-0.05, 0) is 82.0 Å². The Kier molecular flexibility index (Phi) is 12.7. The Morgan fingerprint density at radius 3 is 2.60 bits per heavy atom. The van der Waals surface area contributed by atoms with Gasteiger partial charge in [0.1, 0.15) is 23.5 Å². The molecule has 306 valence electrons. The first-order chi connectivity index (χ1) is 28.0. The van der Waals surface area contributed by atoms with Crippen LogP contribution in [0.3, 0.4) is 0 Å². The molecule has 0 saturated carbocycles. The number of rotatable bonds is 15. The zero-order chi connectivity index (χ0) is 40.9. The standard InChI is InChI=1S/C42H48BrFN8O6/c1-25(27-8-7-9-28(43)18-27)46-40-31-21-36(57-3)37(22-34(31)47-26(2)48-40)58-17-6-4-5-12-50-13-15-51(16-14-50)39(54)23-45-33-20-29(44)19-30-32(33)24-52(42(30)56)35-10-11-38(53)49-41(35)55/h7-9,18-22,25,35,45H,4-6,10-17,23-24H2,1-3H3,(H,46,47,48)(H,49,53,55). The van der Waals surface area contributed by atoms with E-state index in [0.717, 1.165) is 71.7 Å². The van der Waals surface area contributed by atoms with Crippen LogP contribution in [0.15, 0.2) is 53.0 Å². The number of hydrogen-bond acceptors (Lipinski definition) is 11. The zero-order valence-corrected chi connectivity index (χ0v) is 34.5. The van der Waals surface area contributed by atoms with Crippen molar-refractivity contribution in [2.75, 3.05) is 63.6 Å². The molecule has 3 aliphatic rings. The number of anilines is 2. The SMILES string of the molecule is COc1cc2c(NC(C)c3cccc(Br)c3)nc(C)nc2cc1OCCCCCN1CCN(C(=O)CNc2cc(F)cc3c2CN(C2CCC(=O)NC2=O)C3=O)CC1. The second-order valence-corrected chi connectivity index (χ2v) is 15.8. The number of imide groups is 1. The minimum atomic E-state index is -0.810. The molecule has 2 unspecified atom stereocenters. The summed E-state index contributed by atoms with van der Waals surface area (Å²) < 4.78 is 27.5. The summed E-state index contributed by atoms with van der Waals surface area (Å²) >= 11 is 3.56. The van der Waals surface area contributed by atoms with Crippen molar-refractivity contribution < 1.29 is 33.0 Å². The van der Waals surface area contributed by atoms with Crippen molar-refractivity contribution >= 4 is 62.0 Å². The topological polar surface area (TPSA) is 158 Å². The predicted molar refractivity (Wildman–Crippen MR) is 220 cm³/mol. The van der Waals surface area contributed by atoms with Gasteiger partial charge < -0.3 is 29.9 Å². The molecule has 2 fully saturated rings. The minimum absolute atomic E-state index is 0.0132. The zero-order valence-electron chi connectivity index (χ0n) is 32.9. The van der Waals surface area contributed by atoms with E-state index in [9.17, 15) is 23.6 Å². The number of hydrogen-bond donors (Lipinski definition) is 3. The summed E-state index contributed by atoms with van der Waals surface area (Å²) in [6.45, 7) is 8.11. The van der Waals surface area contributed by atoms with Crippen LogP contribution >= 0.6 is 15.9 Å². The first-order valence-corrected chi connectivity index (χ1v) is 20.5. The van der Waals surface area contributed by atoms with Crippen molar-refractivity contribution in [3.8, 4) is 11.5 Å². The third-order valence-corrected chi connectivity index (χ3v) is 11.4. The van der Waals surface area contributed by atoms with Gasteiger partial charge in [0.15, 0.2) is 11.5 Å². The van der Waals surface area contributed by atoms with E-state index in [1.54, 1.807) is 12.0 Å². The molecule has 3 aromatic carbocycles. The Morgan fingerprint density at radius 1 is 1.03 bits per heavy atom. The van der Waals surface area contributed by atoms with Gasteiger partial charge in [0.25, 0.3) is 5.91 Å². The third kappa shape index (κ3) is 9.34. The van der Waals surface area contributed by atoms with Gasteiger partial charge in [-0.3, -0.25) is 29.4 Å². The van der Waals surface area contributed by atoms with Gasteiger partial charge in [0.05, 0.1) is 31.8 Å². The fourth-order valence-electron chi connectivity index (χ4n) is 7.78. The Balaban J connectivity index is 0.839. The van der Waals surface area contributed by atoms with E-state index >= 15 is 0 Å². The highest BCUT2D eigenvalue weighted by atomic mass is 79.9. The lowest BCUT2D eigenvalue weighted by Gasteiger charge is -2.35. The van der Waals surface area contributed by atoms with Crippen LogP contribution in [0.1, 0.15) is 72.4 Å². The summed E-state index contributed by atoms with van der Waals surface area (Å²) in [4.78, 5) is 65.3. The number of fused-ring (bicyclic) bond motifs is 2. The molecule has 58 heavy (non-hydrogen) atoms. The smallest absolute Gasteiger partial charge is 0.255 e. The van der Waals surface area contributed by atoms with Crippen LogP contribution in [0.2, 0.25) is 0 Å². The highest BCUT2D eigenvalue weighted by molar-refractivity contribution is 9.10. The molecule has 0 aliphatic carbocycles. The lowest BCUT2D eigenvalue weighted by atomic mass is 10.0. The second-order valence-electron chi connectivity index (χ2n) is 14.9. The summed E-state index contributed by atoms with van der Waals surface area (Å²) in [6, 6.07) is 13.6. The van der Waals surface area contributed by atoms with E-state index in [1.807, 2.05) is 31.2 Å². The van der Waals surface area contributed by atoms with E-state index in [1.165, 1.54) is 11.0 Å². The maximum Gasteiger partial charge on any atom is 0.255 e. The van der Waals surface area contributed by atoms with E-state index in [2.05, 4.69) is 60.8 Å². The quantitative estimate of drug-likeness (QED) is 0.101. The number of ether oxygens (including phenoxy) is 2. The van der Waals surface area contributed by atoms with Crippen molar-refractivity contribution in [2.24, 2.45) is 0 Å². The number of amides is 4. The minimum Gasteiger partial charge on any atom is -0.493 e. The summed E-state index contributed by atoms with van der Waals surface area (Å²) in [6.07, 6.45) is 3.17. The molecular weight excluding hydrogens is 811 g/mol. The van der Waals surface area contributed by atoms with Crippen molar-refractivity contribution in [2.45, 2.75) is 64.6 Å². The molecule has 3 aliphatic heterocycles. The first kappa shape index (κ1) is 40.8. The molecule has 16 heteroatoms. The molecule has 2 saturated heterocycles. The van der Waals surface area contributed by atoms with Crippen LogP contribution in [0.4, 0.5) is 15.9 Å². The van der Waals surface area contributed by atoms with Crippen LogP contribution in [-0.2, 0) is 20.9 Å². The third-order valence-electron chi connectivity index (χ3n) is 10.9. The molecule has 0 bridgehead atoms. The number of benzene rings is 3. The van der Waals surface area contributed by atoms with E-state index in [4.69, 9.17) is 14.5 Å². The molecule has 4 amide bonds. The number of carbonyl (C=O) groups is 4. The van der Waals surface area contributed by atoms with Gasteiger partial charge in [-0.15, -0.1) is 0 Å². The van der Waals surface area contributed by atoms with Crippen molar-refractivity contribution in [1.82, 2.24) is 30.0 Å². The van der Waals surface area contributed by atoms with Gasteiger partial charge in [0.2, 0.25) is 17.7 Å². The summed E-state index contributed by atoms with van der Waals surface area (Å²) in [5.41, 5.74) is 2.94. The van der Waals surface area contributed by atoms with Crippen LogP contribution < -0.4 is 25.4 Å². The van der Waals surface area contributed by atoms with Crippen LogP contribution in [0, 0.1) is 12.7 Å². The normalized spacial score (nSPS) is 17.6. The molecule has 0 spiro atoms. The van der Waals surface area contributed by atoms with Crippen LogP contribution in [0.5, 0.6) is 11.5 Å². The average Bonchev–Trinajstić information content (AvgIpc) is 3.53. The molecule has 4 heterocycles. The van der Waals surface area contributed by atoms with E-state index < -0.39 is 23.7 Å². The molecule has 1 aromatic heterocycles. The maximum atomic E-state index is 14.6. The van der Waals surface area contributed by atoms with Gasteiger partial charge in [-0.25, -0.2) is 14.4 Å². The Hall–Kier alpha value is -5.35. The van der Waals surface area contributed by atoms with E-state index in [-0.39, 0.29) is 49.4 Å². The van der Waals surface area contributed by atoms with Crippen molar-refractivity contribution in [3.05, 3.63) is 81.3 Å². The number of nitrogens with zero attached hydrogens (tertiary/aromatic N) is 5. The van der Waals surface area contributed by atoms with Crippen LogP contribution in [-0.4, -0.2) is 107 Å². The molecule has 2 atom stereocenters. The summed E-state index contributed by atoms with van der Waals surface area (Å²) in [5, 5.41) is 9.71. The lowest BCUT2D eigenvalue weighted by Crippen LogP contribution is -2.52. The maximum absolute atomic E-state index is 14.6. The number of halogens is 2. The molecule has 14 nitrogen and oxygen atoms in total. The fraction of sp³-hybridized carbons (Fsp3) is 0.429. The molecular formula is C42H48BrFN8O6. The Bertz CT molecular complexity index is 2220. The monoisotopic (exact) mass is 858 g/mol. The van der Waals surface area contributed by atoms with Gasteiger partial charge >= 0.3 is 0 Å². The summed E-state index contributed by atoms with van der Waals surface area (Å²) in [7, 11) is 1.63. The number of aryl methyl sites for hydroxylation is 1.